The number of benzene rings is 2. The third-order valence-corrected chi connectivity index (χ3v) is 4.58. The monoisotopic (exact) mass is 444 g/mol. The van der Waals surface area contributed by atoms with E-state index in [1.54, 1.807) is 18.2 Å². The fraction of sp³-hybridized carbons (Fsp3) is 0.211. The number of hydrogen-bond donors (Lipinski definition) is 0. The highest BCUT2D eigenvalue weighted by molar-refractivity contribution is 9.10. The summed E-state index contributed by atoms with van der Waals surface area (Å²) in [4.78, 5) is 28.2. The Balaban J connectivity index is 2.21. The van der Waals surface area contributed by atoms with Gasteiger partial charge < -0.3 is 4.74 Å². The molecule has 2 aromatic carbocycles. The van der Waals surface area contributed by atoms with Crippen molar-refractivity contribution in [3.05, 3.63) is 72.7 Å². The van der Waals surface area contributed by atoms with Crippen LogP contribution in [-0.4, -0.2) is 27.9 Å². The van der Waals surface area contributed by atoms with E-state index >= 15 is 0 Å². The van der Waals surface area contributed by atoms with Crippen LogP contribution in [0.3, 0.4) is 0 Å². The van der Waals surface area contributed by atoms with Gasteiger partial charge in [0.05, 0.1) is 29.2 Å². The Labute approximate surface area is 168 Å². The van der Waals surface area contributed by atoms with Gasteiger partial charge in [0, 0.05) is 22.0 Å². The van der Waals surface area contributed by atoms with Crippen molar-refractivity contribution >= 4 is 38.7 Å². The molecule has 1 heterocycles. The number of halogens is 1. The lowest BCUT2D eigenvalue weighted by Gasteiger charge is -2.12. The number of aromatic nitrogens is 2. The van der Waals surface area contributed by atoms with Gasteiger partial charge in [-0.3, -0.25) is 14.9 Å². The van der Waals surface area contributed by atoms with Crippen molar-refractivity contribution < 1.29 is 9.66 Å². The number of rotatable bonds is 5. The number of hydrogen-bond acceptors (Lipinski definition) is 6. The molecule has 0 N–H and O–H groups in total. The molecule has 9 heteroatoms. The molecule has 3 rings (SSSR count). The molecule has 0 spiro atoms. The molecule has 0 unspecified atom stereocenters. The zero-order valence-corrected chi connectivity index (χ0v) is 17.0. The average molecular weight is 445 g/mol. The molecule has 0 atom stereocenters. The maximum Gasteiger partial charge on any atom is 0.311 e. The van der Waals surface area contributed by atoms with Gasteiger partial charge >= 0.3 is 5.69 Å². The second kappa shape index (κ2) is 7.89. The Kier molecular flexibility index (Phi) is 5.55. The van der Waals surface area contributed by atoms with E-state index in [9.17, 15) is 14.9 Å². The molecule has 8 nitrogen and oxygen atoms in total. The first kappa shape index (κ1) is 19.7. The second-order valence-electron chi connectivity index (χ2n) is 6.30. The van der Waals surface area contributed by atoms with E-state index in [-0.39, 0.29) is 22.9 Å². The van der Waals surface area contributed by atoms with Crippen molar-refractivity contribution in [2.75, 3.05) is 7.11 Å². The summed E-state index contributed by atoms with van der Waals surface area (Å²) < 4.78 is 7.15. The Morgan fingerprint density at radius 1 is 1.32 bits per heavy atom. The molecule has 0 aliphatic heterocycles. The quantitative estimate of drug-likeness (QED) is 0.335. The van der Waals surface area contributed by atoms with Crippen molar-refractivity contribution in [1.82, 2.24) is 9.66 Å². The molecule has 0 aliphatic carbocycles. The van der Waals surface area contributed by atoms with E-state index in [0.717, 1.165) is 4.47 Å². The van der Waals surface area contributed by atoms with Gasteiger partial charge in [0.1, 0.15) is 5.82 Å². The summed E-state index contributed by atoms with van der Waals surface area (Å²) in [6, 6.07) is 9.78. The maximum absolute atomic E-state index is 13.0. The molecular weight excluding hydrogens is 428 g/mol. The minimum Gasteiger partial charge on any atom is -0.490 e. The van der Waals surface area contributed by atoms with E-state index in [4.69, 9.17) is 4.74 Å². The predicted molar refractivity (Wildman–Crippen MR) is 110 cm³/mol. The van der Waals surface area contributed by atoms with E-state index in [2.05, 4.69) is 26.0 Å². The van der Waals surface area contributed by atoms with Crippen LogP contribution in [0.1, 0.15) is 31.2 Å². The van der Waals surface area contributed by atoms with Crippen molar-refractivity contribution in [3.63, 3.8) is 0 Å². The van der Waals surface area contributed by atoms with Crippen LogP contribution in [0.2, 0.25) is 0 Å². The topological polar surface area (TPSA) is 99.6 Å². The summed E-state index contributed by atoms with van der Waals surface area (Å²) in [6.45, 7) is 3.82. The molecule has 3 aromatic rings. The summed E-state index contributed by atoms with van der Waals surface area (Å²) >= 11 is 3.36. The van der Waals surface area contributed by atoms with E-state index in [1.165, 1.54) is 30.1 Å². The lowest BCUT2D eigenvalue weighted by atomic mass is 10.2. The molecule has 0 radical (unpaired) electrons. The minimum atomic E-state index is -0.531. The van der Waals surface area contributed by atoms with Crippen molar-refractivity contribution in [1.29, 1.82) is 0 Å². The third kappa shape index (κ3) is 3.65. The van der Waals surface area contributed by atoms with E-state index in [1.807, 2.05) is 19.9 Å². The standard InChI is InChI=1S/C19H17BrN4O4/c1-11(2)18-22-15-8-7-13(20)9-14(15)19(25)23(18)21-10-12-5-4-6-16(24(26)27)17(12)28-3/h4-11H,1-3H3. The van der Waals surface area contributed by atoms with E-state index < -0.39 is 4.92 Å². The summed E-state index contributed by atoms with van der Waals surface area (Å²) in [5.41, 5.74) is 0.461. The fourth-order valence-corrected chi connectivity index (χ4v) is 3.14. The lowest BCUT2D eigenvalue weighted by Crippen LogP contribution is -2.23. The Bertz CT molecular complexity index is 1150. The molecule has 0 fully saturated rings. The molecule has 1 aromatic heterocycles. The summed E-state index contributed by atoms with van der Waals surface area (Å²) in [5, 5.41) is 15.9. The second-order valence-corrected chi connectivity index (χ2v) is 7.22. The smallest absolute Gasteiger partial charge is 0.311 e. The first-order valence-corrected chi connectivity index (χ1v) is 9.20. The van der Waals surface area contributed by atoms with Gasteiger partial charge in [0.25, 0.3) is 5.56 Å². The number of nitro benzene ring substituents is 1. The zero-order valence-electron chi connectivity index (χ0n) is 15.4. The van der Waals surface area contributed by atoms with Gasteiger partial charge in [-0.15, -0.1) is 0 Å². The molecule has 0 saturated heterocycles. The number of ether oxygens (including phenoxy) is 1. The SMILES string of the molecule is COc1c(C=Nn2c(C(C)C)nc3ccc(Br)cc3c2=O)cccc1[N+](=O)[O-]. The van der Waals surface area contributed by atoms with Crippen LogP contribution < -0.4 is 10.3 Å². The Hall–Kier alpha value is -3.07. The number of fused-ring (bicyclic) bond motifs is 1. The molecule has 0 amide bonds. The molecular formula is C19H17BrN4O4. The zero-order chi connectivity index (χ0) is 20.4. The lowest BCUT2D eigenvalue weighted by molar-refractivity contribution is -0.385. The maximum atomic E-state index is 13.0. The van der Waals surface area contributed by atoms with Crippen LogP contribution in [-0.2, 0) is 0 Å². The average Bonchev–Trinajstić information content (AvgIpc) is 2.66. The summed E-state index contributed by atoms with van der Waals surface area (Å²) in [7, 11) is 1.35. The third-order valence-electron chi connectivity index (χ3n) is 4.09. The molecule has 144 valence electrons. The first-order valence-electron chi connectivity index (χ1n) is 8.41. The van der Waals surface area contributed by atoms with Gasteiger partial charge in [-0.1, -0.05) is 35.8 Å². The molecule has 28 heavy (non-hydrogen) atoms. The Morgan fingerprint density at radius 3 is 2.71 bits per heavy atom. The highest BCUT2D eigenvalue weighted by Crippen LogP contribution is 2.29. The van der Waals surface area contributed by atoms with Crippen LogP contribution in [0.4, 0.5) is 5.69 Å². The van der Waals surface area contributed by atoms with Crippen LogP contribution in [0.25, 0.3) is 10.9 Å². The summed E-state index contributed by atoms with van der Waals surface area (Å²) in [6.07, 6.45) is 1.37. The molecule has 0 saturated carbocycles. The van der Waals surface area contributed by atoms with Gasteiger partial charge in [-0.25, -0.2) is 4.98 Å². The first-order chi connectivity index (χ1) is 13.3. The number of nitro groups is 1. The van der Waals surface area contributed by atoms with Crippen LogP contribution in [0.15, 0.2) is 50.8 Å². The largest absolute Gasteiger partial charge is 0.490 e. The van der Waals surface area contributed by atoms with Crippen molar-refractivity contribution in [2.24, 2.45) is 5.10 Å². The van der Waals surface area contributed by atoms with Crippen LogP contribution >= 0.6 is 15.9 Å². The number of para-hydroxylation sites is 1. The van der Waals surface area contributed by atoms with Crippen molar-refractivity contribution in [3.8, 4) is 5.75 Å². The van der Waals surface area contributed by atoms with Crippen molar-refractivity contribution in [2.45, 2.75) is 19.8 Å². The minimum absolute atomic E-state index is 0.0649. The Morgan fingerprint density at radius 2 is 2.07 bits per heavy atom. The highest BCUT2D eigenvalue weighted by Gasteiger charge is 2.18. The fourth-order valence-electron chi connectivity index (χ4n) is 2.78. The van der Waals surface area contributed by atoms with Gasteiger partial charge in [-0.05, 0) is 24.3 Å². The number of methoxy groups -OCH3 is 1. The normalized spacial score (nSPS) is 11.5. The number of nitrogens with zero attached hydrogens (tertiary/aromatic N) is 4. The van der Waals surface area contributed by atoms with Gasteiger partial charge in [-0.2, -0.15) is 9.78 Å². The summed E-state index contributed by atoms with van der Waals surface area (Å²) in [5.74, 6) is 0.497. The van der Waals surface area contributed by atoms with Gasteiger partial charge in [0.2, 0.25) is 5.75 Å². The highest BCUT2D eigenvalue weighted by atomic mass is 79.9. The molecule has 0 aliphatic rings. The van der Waals surface area contributed by atoms with Crippen LogP contribution in [0, 0.1) is 10.1 Å². The van der Waals surface area contributed by atoms with E-state index in [0.29, 0.717) is 22.3 Å². The van der Waals surface area contributed by atoms with Gasteiger partial charge in [0.15, 0.2) is 0 Å². The van der Waals surface area contributed by atoms with Crippen LogP contribution in [0.5, 0.6) is 5.75 Å². The molecule has 0 bridgehead atoms. The predicted octanol–water partition coefficient (Wildman–Crippen LogP) is 4.08.